The summed E-state index contributed by atoms with van der Waals surface area (Å²) < 4.78 is 1.85. The molecule has 5 nitrogen and oxygen atoms in total. The number of rotatable bonds is 5. The fourth-order valence-corrected chi connectivity index (χ4v) is 2.84. The van der Waals surface area contributed by atoms with Crippen molar-refractivity contribution in [3.05, 3.63) is 70.7 Å². The van der Waals surface area contributed by atoms with Crippen LogP contribution in [0.15, 0.2) is 64.5 Å². The Kier molecular flexibility index (Phi) is 5.06. The van der Waals surface area contributed by atoms with E-state index in [1.807, 2.05) is 16.9 Å². The van der Waals surface area contributed by atoms with Crippen molar-refractivity contribution in [3.8, 4) is 5.69 Å². The van der Waals surface area contributed by atoms with Crippen molar-refractivity contribution < 1.29 is 0 Å². The molecular weight excluding hydrogens is 306 g/mol. The molecular formula is C17H19N5S. The average Bonchev–Trinajstić information content (AvgIpc) is 3.29. The largest absolute Gasteiger partial charge is 0.352 e. The quantitative estimate of drug-likeness (QED) is 0.560. The van der Waals surface area contributed by atoms with Crippen LogP contribution < -0.4 is 10.6 Å². The molecule has 2 N–H and O–H groups in total. The van der Waals surface area contributed by atoms with Crippen molar-refractivity contribution in [1.82, 2.24) is 20.4 Å². The maximum absolute atomic E-state index is 4.24. The summed E-state index contributed by atoms with van der Waals surface area (Å²) in [6.07, 6.45) is 3.71. The highest BCUT2D eigenvalue weighted by Crippen LogP contribution is 2.08. The first-order valence-corrected chi connectivity index (χ1v) is 8.34. The second kappa shape index (κ2) is 7.60. The van der Waals surface area contributed by atoms with E-state index >= 15 is 0 Å². The summed E-state index contributed by atoms with van der Waals surface area (Å²) in [6, 6.07) is 12.3. The van der Waals surface area contributed by atoms with E-state index in [1.165, 1.54) is 11.1 Å². The summed E-state index contributed by atoms with van der Waals surface area (Å²) in [4.78, 5) is 4.24. The van der Waals surface area contributed by atoms with Crippen LogP contribution in [0.3, 0.4) is 0 Å². The summed E-state index contributed by atoms with van der Waals surface area (Å²) >= 11 is 1.70. The maximum atomic E-state index is 4.24. The molecule has 0 aliphatic heterocycles. The molecule has 0 saturated carbocycles. The van der Waals surface area contributed by atoms with Gasteiger partial charge >= 0.3 is 0 Å². The van der Waals surface area contributed by atoms with E-state index in [2.05, 4.69) is 61.8 Å². The molecule has 3 rings (SSSR count). The van der Waals surface area contributed by atoms with Crippen molar-refractivity contribution in [1.29, 1.82) is 0 Å². The molecule has 6 heteroatoms. The fraction of sp³-hybridized carbons (Fsp3) is 0.176. The van der Waals surface area contributed by atoms with E-state index in [4.69, 9.17) is 0 Å². The van der Waals surface area contributed by atoms with E-state index < -0.39 is 0 Å². The van der Waals surface area contributed by atoms with Crippen molar-refractivity contribution >= 4 is 17.3 Å². The third-order valence-corrected chi connectivity index (χ3v) is 4.16. The topological polar surface area (TPSA) is 54.2 Å². The van der Waals surface area contributed by atoms with Gasteiger partial charge in [-0.15, -0.1) is 0 Å². The van der Waals surface area contributed by atoms with E-state index in [-0.39, 0.29) is 0 Å². The van der Waals surface area contributed by atoms with Gasteiger partial charge in [0.15, 0.2) is 5.96 Å². The third kappa shape index (κ3) is 4.20. The van der Waals surface area contributed by atoms with Crippen molar-refractivity contribution in [2.75, 3.05) is 7.05 Å². The van der Waals surface area contributed by atoms with Crippen LogP contribution in [-0.4, -0.2) is 22.8 Å². The first-order valence-electron chi connectivity index (χ1n) is 7.40. The Bertz CT molecular complexity index is 730. The Morgan fingerprint density at radius 1 is 1.13 bits per heavy atom. The molecule has 0 spiro atoms. The minimum absolute atomic E-state index is 0.725. The van der Waals surface area contributed by atoms with Crippen LogP contribution in [0, 0.1) is 0 Å². The molecule has 0 aliphatic carbocycles. The highest BCUT2D eigenvalue weighted by Gasteiger charge is 2.01. The third-order valence-electron chi connectivity index (χ3n) is 3.43. The van der Waals surface area contributed by atoms with Gasteiger partial charge in [-0.1, -0.05) is 12.1 Å². The first-order chi connectivity index (χ1) is 11.3. The molecule has 118 valence electrons. The van der Waals surface area contributed by atoms with Gasteiger partial charge in [0.25, 0.3) is 0 Å². The molecule has 0 radical (unpaired) electrons. The zero-order chi connectivity index (χ0) is 15.9. The molecule has 0 atom stereocenters. The summed E-state index contributed by atoms with van der Waals surface area (Å²) in [7, 11) is 1.78. The maximum Gasteiger partial charge on any atom is 0.191 e. The molecule has 2 heterocycles. The standard InChI is InChI=1S/C17H19N5S/c1-18-17(20-12-15-7-10-23-13-15)19-11-14-3-5-16(6-4-14)22-9-2-8-21-22/h2-10,13H,11-12H2,1H3,(H2,18,19,20). The van der Waals surface area contributed by atoms with Gasteiger partial charge in [0, 0.05) is 32.5 Å². The van der Waals surface area contributed by atoms with Crippen LogP contribution in [0.2, 0.25) is 0 Å². The summed E-state index contributed by atoms with van der Waals surface area (Å²) in [6.45, 7) is 1.50. The molecule has 0 fully saturated rings. The average molecular weight is 325 g/mol. The van der Waals surface area contributed by atoms with Crippen LogP contribution in [0.5, 0.6) is 0 Å². The van der Waals surface area contributed by atoms with Crippen LogP contribution in [0.25, 0.3) is 5.69 Å². The van der Waals surface area contributed by atoms with Crippen LogP contribution in [0.1, 0.15) is 11.1 Å². The van der Waals surface area contributed by atoms with Crippen LogP contribution >= 0.6 is 11.3 Å². The number of nitrogens with zero attached hydrogens (tertiary/aromatic N) is 3. The van der Waals surface area contributed by atoms with E-state index in [0.29, 0.717) is 0 Å². The summed E-state index contributed by atoms with van der Waals surface area (Å²) in [5, 5.41) is 15.1. The molecule has 0 bridgehead atoms. The summed E-state index contributed by atoms with van der Waals surface area (Å²) in [5.74, 6) is 0.798. The molecule has 23 heavy (non-hydrogen) atoms. The van der Waals surface area contributed by atoms with Gasteiger partial charge in [0.2, 0.25) is 0 Å². The van der Waals surface area contributed by atoms with Crippen LogP contribution in [-0.2, 0) is 13.1 Å². The number of aromatic nitrogens is 2. The lowest BCUT2D eigenvalue weighted by Gasteiger charge is -2.11. The highest BCUT2D eigenvalue weighted by molar-refractivity contribution is 7.07. The van der Waals surface area contributed by atoms with Gasteiger partial charge in [0.05, 0.1) is 5.69 Å². The predicted octanol–water partition coefficient (Wildman–Crippen LogP) is 2.80. The Morgan fingerprint density at radius 3 is 2.52 bits per heavy atom. The predicted molar refractivity (Wildman–Crippen MR) is 94.9 cm³/mol. The van der Waals surface area contributed by atoms with Gasteiger partial charge in [-0.2, -0.15) is 16.4 Å². The number of benzene rings is 1. The van der Waals surface area contributed by atoms with E-state index in [9.17, 15) is 0 Å². The molecule has 0 saturated heterocycles. The smallest absolute Gasteiger partial charge is 0.191 e. The lowest BCUT2D eigenvalue weighted by atomic mass is 10.2. The molecule has 0 amide bonds. The van der Waals surface area contributed by atoms with Crippen LogP contribution in [0.4, 0.5) is 0 Å². The number of guanidine groups is 1. The van der Waals surface area contributed by atoms with E-state index in [1.54, 1.807) is 24.6 Å². The van der Waals surface area contributed by atoms with Gasteiger partial charge < -0.3 is 10.6 Å². The first kappa shape index (κ1) is 15.3. The number of nitrogens with one attached hydrogen (secondary N) is 2. The second-order valence-electron chi connectivity index (χ2n) is 5.03. The Morgan fingerprint density at radius 2 is 1.91 bits per heavy atom. The lowest BCUT2D eigenvalue weighted by molar-refractivity contribution is 0.809. The lowest BCUT2D eigenvalue weighted by Crippen LogP contribution is -2.36. The molecule has 1 aromatic carbocycles. The Balaban J connectivity index is 1.52. The van der Waals surface area contributed by atoms with E-state index in [0.717, 1.165) is 24.7 Å². The molecule has 2 aromatic heterocycles. The number of aliphatic imine (C=N–C) groups is 1. The Labute approximate surface area is 139 Å². The molecule has 0 unspecified atom stereocenters. The number of hydrogen-bond acceptors (Lipinski definition) is 3. The normalized spacial score (nSPS) is 11.4. The second-order valence-corrected chi connectivity index (χ2v) is 5.81. The van der Waals surface area contributed by atoms with Gasteiger partial charge in [0.1, 0.15) is 0 Å². The van der Waals surface area contributed by atoms with Gasteiger partial charge in [-0.3, -0.25) is 4.99 Å². The molecule has 0 aliphatic rings. The van der Waals surface area contributed by atoms with Gasteiger partial charge in [-0.05, 0) is 46.2 Å². The SMILES string of the molecule is CN=C(NCc1ccc(-n2cccn2)cc1)NCc1ccsc1. The highest BCUT2D eigenvalue weighted by atomic mass is 32.1. The minimum atomic E-state index is 0.725. The number of thiophene rings is 1. The zero-order valence-electron chi connectivity index (χ0n) is 12.9. The monoisotopic (exact) mass is 325 g/mol. The summed E-state index contributed by atoms with van der Waals surface area (Å²) in [5.41, 5.74) is 3.51. The van der Waals surface area contributed by atoms with Crippen molar-refractivity contribution in [2.45, 2.75) is 13.1 Å². The molecule has 3 aromatic rings. The minimum Gasteiger partial charge on any atom is -0.352 e. The zero-order valence-corrected chi connectivity index (χ0v) is 13.8. The fourth-order valence-electron chi connectivity index (χ4n) is 2.17. The van der Waals surface area contributed by atoms with Gasteiger partial charge in [-0.25, -0.2) is 4.68 Å². The van der Waals surface area contributed by atoms with Crippen molar-refractivity contribution in [2.24, 2.45) is 4.99 Å². The number of hydrogen-bond donors (Lipinski definition) is 2. The van der Waals surface area contributed by atoms with Crippen molar-refractivity contribution in [3.63, 3.8) is 0 Å². The Hall–Kier alpha value is -2.60.